The first kappa shape index (κ1) is 19.9. The Morgan fingerprint density at radius 2 is 1.97 bits per heavy atom. The Hall–Kier alpha value is -3.06. The summed E-state index contributed by atoms with van der Waals surface area (Å²) in [6.45, 7) is 5.79. The Labute approximate surface area is 181 Å². The molecule has 0 spiro atoms. The van der Waals surface area contributed by atoms with Crippen LogP contribution in [-0.4, -0.2) is 28.0 Å². The second kappa shape index (κ2) is 6.72. The molecule has 5 rings (SSSR count). The highest BCUT2D eigenvalue weighted by Gasteiger charge is 2.41. The standard InChI is InChI=1S/C24H26N4O3/c1-23(2)20-16(22(29)31-23)8-7-14(28-20)9-15-10-17-18(11-26-15)21(30-4)27-12-19(17)24(3,25)13-5-6-13/h7-8,10-13H,5-6,9,25H2,1-4H3/t24-/m1/s1. The normalized spacial score (nSPS) is 19.1. The fourth-order valence-electron chi connectivity index (χ4n) is 4.49. The molecular formula is C24H26N4O3. The number of rotatable bonds is 5. The van der Waals surface area contributed by atoms with Crippen molar-refractivity contribution in [3.8, 4) is 5.88 Å². The van der Waals surface area contributed by atoms with Crippen molar-refractivity contribution in [1.29, 1.82) is 0 Å². The third-order valence-corrected chi connectivity index (χ3v) is 6.44. The molecule has 0 saturated heterocycles. The number of ether oxygens (including phenoxy) is 2. The lowest BCUT2D eigenvalue weighted by Gasteiger charge is -2.26. The van der Waals surface area contributed by atoms with Gasteiger partial charge < -0.3 is 15.2 Å². The predicted molar refractivity (Wildman–Crippen MR) is 116 cm³/mol. The van der Waals surface area contributed by atoms with Crippen LogP contribution in [0.4, 0.5) is 0 Å². The van der Waals surface area contributed by atoms with Gasteiger partial charge in [-0.1, -0.05) is 0 Å². The molecule has 4 heterocycles. The monoisotopic (exact) mass is 418 g/mol. The van der Waals surface area contributed by atoms with Crippen molar-refractivity contribution in [2.75, 3.05) is 7.11 Å². The van der Waals surface area contributed by atoms with Crippen LogP contribution in [0.5, 0.6) is 5.88 Å². The minimum atomic E-state index is -0.725. The molecular weight excluding hydrogens is 392 g/mol. The number of nitrogens with two attached hydrogens (primary N) is 1. The molecule has 0 amide bonds. The lowest BCUT2D eigenvalue weighted by Crippen LogP contribution is -2.35. The number of hydrogen-bond donors (Lipinski definition) is 1. The van der Waals surface area contributed by atoms with Crippen molar-refractivity contribution >= 4 is 16.7 Å². The van der Waals surface area contributed by atoms with Gasteiger partial charge in [0.15, 0.2) is 0 Å². The Morgan fingerprint density at radius 1 is 1.19 bits per heavy atom. The van der Waals surface area contributed by atoms with Gasteiger partial charge in [0.05, 0.1) is 23.8 Å². The van der Waals surface area contributed by atoms with E-state index in [0.717, 1.165) is 40.6 Å². The van der Waals surface area contributed by atoms with Gasteiger partial charge in [0.2, 0.25) is 5.88 Å². The Bertz CT molecular complexity index is 1210. The molecule has 3 aromatic heterocycles. The Morgan fingerprint density at radius 3 is 2.68 bits per heavy atom. The van der Waals surface area contributed by atoms with E-state index in [4.69, 9.17) is 20.2 Å². The van der Waals surface area contributed by atoms with Gasteiger partial charge in [0.25, 0.3) is 0 Å². The van der Waals surface area contributed by atoms with E-state index in [1.54, 1.807) is 19.4 Å². The van der Waals surface area contributed by atoms with Crippen LogP contribution >= 0.6 is 0 Å². The van der Waals surface area contributed by atoms with E-state index in [1.165, 1.54) is 0 Å². The van der Waals surface area contributed by atoms with Crippen LogP contribution in [0, 0.1) is 5.92 Å². The number of carbonyl (C=O) groups excluding carboxylic acids is 1. The molecule has 2 aliphatic rings. The van der Waals surface area contributed by atoms with E-state index in [2.05, 4.69) is 23.0 Å². The molecule has 1 atom stereocenters. The molecule has 160 valence electrons. The summed E-state index contributed by atoms with van der Waals surface area (Å²) in [5, 5.41) is 1.86. The van der Waals surface area contributed by atoms with Crippen LogP contribution in [0.2, 0.25) is 0 Å². The Kier molecular flexibility index (Phi) is 4.31. The van der Waals surface area contributed by atoms with E-state index in [-0.39, 0.29) is 5.97 Å². The van der Waals surface area contributed by atoms with E-state index < -0.39 is 11.1 Å². The first-order chi connectivity index (χ1) is 14.7. The second-order valence-corrected chi connectivity index (χ2v) is 9.23. The molecule has 2 N–H and O–H groups in total. The van der Waals surface area contributed by atoms with Gasteiger partial charge in [0.1, 0.15) is 5.60 Å². The zero-order valence-corrected chi connectivity index (χ0v) is 18.2. The fourth-order valence-corrected chi connectivity index (χ4v) is 4.49. The summed E-state index contributed by atoms with van der Waals surface area (Å²) in [4.78, 5) is 25.9. The summed E-state index contributed by atoms with van der Waals surface area (Å²) < 4.78 is 10.9. The van der Waals surface area contributed by atoms with Gasteiger partial charge in [-0.2, -0.15) is 0 Å². The maximum Gasteiger partial charge on any atom is 0.341 e. The minimum Gasteiger partial charge on any atom is -0.481 e. The number of hydrogen-bond acceptors (Lipinski definition) is 7. The highest BCUT2D eigenvalue weighted by Crippen LogP contribution is 2.46. The van der Waals surface area contributed by atoms with Crippen molar-refractivity contribution in [2.24, 2.45) is 11.7 Å². The van der Waals surface area contributed by atoms with E-state index in [1.807, 2.05) is 26.1 Å². The lowest BCUT2D eigenvalue weighted by atomic mass is 9.86. The van der Waals surface area contributed by atoms with Crippen molar-refractivity contribution < 1.29 is 14.3 Å². The molecule has 0 radical (unpaired) electrons. The van der Waals surface area contributed by atoms with Gasteiger partial charge in [-0.05, 0) is 68.7 Å². The van der Waals surface area contributed by atoms with E-state index in [0.29, 0.717) is 29.5 Å². The van der Waals surface area contributed by atoms with E-state index in [9.17, 15) is 4.79 Å². The smallest absolute Gasteiger partial charge is 0.341 e. The van der Waals surface area contributed by atoms with Crippen LogP contribution in [0.1, 0.15) is 66.6 Å². The number of methoxy groups -OCH3 is 1. The number of carbonyl (C=O) groups is 1. The van der Waals surface area contributed by atoms with Gasteiger partial charge in [0, 0.05) is 35.7 Å². The number of esters is 1. The number of pyridine rings is 3. The first-order valence-corrected chi connectivity index (χ1v) is 10.6. The number of cyclic esters (lactones) is 1. The van der Waals surface area contributed by atoms with Gasteiger partial charge in [-0.3, -0.25) is 9.97 Å². The first-order valence-electron chi connectivity index (χ1n) is 10.6. The summed E-state index contributed by atoms with van der Waals surface area (Å²) >= 11 is 0. The van der Waals surface area contributed by atoms with Crippen LogP contribution < -0.4 is 10.5 Å². The zero-order chi connectivity index (χ0) is 22.0. The molecule has 31 heavy (non-hydrogen) atoms. The molecule has 1 saturated carbocycles. The average Bonchev–Trinajstić information content (AvgIpc) is 3.55. The highest BCUT2D eigenvalue weighted by atomic mass is 16.6. The molecule has 0 bridgehead atoms. The molecule has 1 aliphatic heterocycles. The molecule has 1 aliphatic carbocycles. The largest absolute Gasteiger partial charge is 0.481 e. The SMILES string of the molecule is COc1ncc([C@](C)(N)C2CC2)c2cc(Cc3ccc4c(n3)C(C)(C)OC4=O)ncc12. The molecule has 0 unspecified atom stereocenters. The van der Waals surface area contributed by atoms with Crippen molar-refractivity contribution in [3.05, 3.63) is 58.8 Å². The third-order valence-electron chi connectivity index (χ3n) is 6.44. The summed E-state index contributed by atoms with van der Waals surface area (Å²) in [5.41, 5.74) is 9.48. The van der Waals surface area contributed by atoms with Crippen molar-refractivity contribution in [3.63, 3.8) is 0 Å². The second-order valence-electron chi connectivity index (χ2n) is 9.23. The molecule has 3 aromatic rings. The molecule has 7 nitrogen and oxygen atoms in total. The lowest BCUT2D eigenvalue weighted by molar-refractivity contribution is 0.00827. The zero-order valence-electron chi connectivity index (χ0n) is 18.2. The minimum absolute atomic E-state index is 0.325. The van der Waals surface area contributed by atoms with Gasteiger partial charge in [-0.15, -0.1) is 0 Å². The molecule has 7 heteroatoms. The Balaban J connectivity index is 1.57. The maximum absolute atomic E-state index is 12.0. The van der Waals surface area contributed by atoms with Crippen LogP contribution in [0.25, 0.3) is 10.8 Å². The number of nitrogens with zero attached hydrogens (tertiary/aromatic N) is 3. The van der Waals surface area contributed by atoms with Crippen LogP contribution in [-0.2, 0) is 22.3 Å². The molecule has 1 fully saturated rings. The van der Waals surface area contributed by atoms with Gasteiger partial charge >= 0.3 is 5.97 Å². The van der Waals surface area contributed by atoms with E-state index >= 15 is 0 Å². The number of fused-ring (bicyclic) bond motifs is 2. The highest BCUT2D eigenvalue weighted by molar-refractivity contribution is 5.94. The topological polar surface area (TPSA) is 100 Å². The van der Waals surface area contributed by atoms with Crippen LogP contribution in [0.15, 0.2) is 30.6 Å². The van der Waals surface area contributed by atoms with Crippen LogP contribution in [0.3, 0.4) is 0 Å². The fraction of sp³-hybridized carbons (Fsp3) is 0.417. The quantitative estimate of drug-likeness (QED) is 0.632. The number of aromatic nitrogens is 3. The maximum atomic E-state index is 12.0. The summed E-state index contributed by atoms with van der Waals surface area (Å²) in [6.07, 6.45) is 6.43. The van der Waals surface area contributed by atoms with Gasteiger partial charge in [-0.25, -0.2) is 9.78 Å². The summed E-state index contributed by atoms with van der Waals surface area (Å²) in [7, 11) is 1.61. The summed E-state index contributed by atoms with van der Waals surface area (Å²) in [5.74, 6) is 0.674. The predicted octanol–water partition coefficient (Wildman–Crippen LogP) is 3.61. The third kappa shape index (κ3) is 3.24. The summed E-state index contributed by atoms with van der Waals surface area (Å²) in [6, 6.07) is 5.71. The molecule has 0 aromatic carbocycles. The van der Waals surface area contributed by atoms with Crippen molar-refractivity contribution in [1.82, 2.24) is 15.0 Å². The van der Waals surface area contributed by atoms with Crippen molar-refractivity contribution in [2.45, 2.75) is 51.2 Å². The average molecular weight is 418 g/mol.